The zero-order chi connectivity index (χ0) is 27.7. The summed E-state index contributed by atoms with van der Waals surface area (Å²) in [6, 6.07) is 0. The normalized spacial score (nSPS) is 42.1. The third-order valence-corrected chi connectivity index (χ3v) is 8.93. The Morgan fingerprint density at radius 1 is 0.474 bits per heavy atom. The van der Waals surface area contributed by atoms with Gasteiger partial charge in [0, 0.05) is 66.3 Å². The van der Waals surface area contributed by atoms with Crippen LogP contribution in [-0.4, -0.2) is 117 Å². The molecular formula is C28H48O10. The first-order valence-electron chi connectivity index (χ1n) is 13.8. The number of carbonyl (C=O) groups excluding carboxylic acids is 2. The van der Waals surface area contributed by atoms with Crippen LogP contribution in [0.1, 0.15) is 38.5 Å². The van der Waals surface area contributed by atoms with E-state index in [1.807, 2.05) is 0 Å². The van der Waals surface area contributed by atoms with Gasteiger partial charge in [0.1, 0.15) is 24.8 Å². The fourth-order valence-electron chi connectivity index (χ4n) is 6.66. The minimum atomic E-state index is -0.251. The van der Waals surface area contributed by atoms with Crippen molar-refractivity contribution in [3.8, 4) is 0 Å². The van der Waals surface area contributed by atoms with E-state index in [-0.39, 0.29) is 72.5 Å². The van der Waals surface area contributed by atoms with Gasteiger partial charge in [-0.05, 0) is 38.5 Å². The molecular weight excluding hydrogens is 496 g/mol. The summed E-state index contributed by atoms with van der Waals surface area (Å²) in [5, 5.41) is 0. The van der Waals surface area contributed by atoms with Gasteiger partial charge in [0.15, 0.2) is 0 Å². The molecule has 0 aliphatic heterocycles. The van der Waals surface area contributed by atoms with Crippen LogP contribution in [0.2, 0.25) is 0 Å². The molecule has 10 heteroatoms. The fourth-order valence-corrected chi connectivity index (χ4v) is 6.66. The van der Waals surface area contributed by atoms with E-state index < -0.39 is 0 Å². The van der Waals surface area contributed by atoms with Crippen molar-refractivity contribution in [2.75, 3.05) is 55.9 Å². The average Bonchev–Trinajstić information content (AvgIpc) is 2.97. The van der Waals surface area contributed by atoms with E-state index in [1.54, 1.807) is 42.7 Å². The Balaban J connectivity index is 1.61. The highest BCUT2D eigenvalue weighted by Crippen LogP contribution is 2.37. The zero-order valence-electron chi connectivity index (χ0n) is 23.8. The van der Waals surface area contributed by atoms with Crippen molar-refractivity contribution in [2.45, 2.75) is 87.4 Å². The van der Waals surface area contributed by atoms with Crippen LogP contribution in [0.3, 0.4) is 0 Å². The predicted molar refractivity (Wildman–Crippen MR) is 138 cm³/mol. The quantitative estimate of drug-likeness (QED) is 0.302. The van der Waals surface area contributed by atoms with Gasteiger partial charge in [0.25, 0.3) is 0 Å². The first-order valence-corrected chi connectivity index (χ1v) is 13.8. The van der Waals surface area contributed by atoms with Crippen LogP contribution < -0.4 is 0 Å². The number of aldehydes is 2. The summed E-state index contributed by atoms with van der Waals surface area (Å²) in [6.45, 7) is 0.963. The van der Waals surface area contributed by atoms with Crippen LogP contribution in [0.5, 0.6) is 0 Å². The van der Waals surface area contributed by atoms with Crippen LogP contribution in [0.15, 0.2) is 0 Å². The smallest absolute Gasteiger partial charge is 0.123 e. The summed E-state index contributed by atoms with van der Waals surface area (Å²) in [5.41, 5.74) is 0. The van der Waals surface area contributed by atoms with Crippen LogP contribution in [0, 0.1) is 23.7 Å². The summed E-state index contributed by atoms with van der Waals surface area (Å²) in [6.07, 6.45) is 4.65. The molecule has 38 heavy (non-hydrogen) atoms. The Morgan fingerprint density at radius 2 is 0.763 bits per heavy atom. The largest absolute Gasteiger partial charge is 0.381 e. The van der Waals surface area contributed by atoms with E-state index in [4.69, 9.17) is 37.9 Å². The third kappa shape index (κ3) is 7.60. The molecule has 8 atom stereocenters. The minimum absolute atomic E-state index is 0.0226. The Hall–Kier alpha value is -0.980. The summed E-state index contributed by atoms with van der Waals surface area (Å²) in [5.74, 6) is 0.0744. The van der Waals surface area contributed by atoms with E-state index >= 15 is 0 Å². The van der Waals surface area contributed by atoms with Crippen molar-refractivity contribution < 1.29 is 47.5 Å². The molecule has 0 aromatic rings. The number of hydrogen-bond donors (Lipinski definition) is 0. The standard InChI is InChI=1S/C28H48O10/c1-31-21-11-20(16-38-28-25(35-5)9-18(14-30)10-26(28)36-6)22(32-2)12-19(21)15-37-27-23(33-3)7-17(13-29)8-24(27)34-4/h13-14,17-28H,7-12,15-16H2,1-6H3. The molecule has 0 aromatic heterocycles. The minimum Gasteiger partial charge on any atom is -0.381 e. The van der Waals surface area contributed by atoms with Gasteiger partial charge in [-0.3, -0.25) is 0 Å². The lowest BCUT2D eigenvalue weighted by Crippen LogP contribution is -2.51. The number of ether oxygens (including phenoxy) is 8. The molecule has 0 heterocycles. The van der Waals surface area contributed by atoms with Gasteiger partial charge in [0.05, 0.1) is 49.8 Å². The number of carbonyl (C=O) groups is 2. The topological polar surface area (TPSA) is 108 Å². The molecule has 3 aliphatic carbocycles. The highest BCUT2D eigenvalue weighted by atomic mass is 16.6. The zero-order valence-corrected chi connectivity index (χ0v) is 23.8. The summed E-state index contributed by atoms with van der Waals surface area (Å²) in [7, 11) is 10.1. The molecule has 3 saturated carbocycles. The average molecular weight is 545 g/mol. The van der Waals surface area contributed by atoms with E-state index in [9.17, 15) is 9.59 Å². The van der Waals surface area contributed by atoms with Gasteiger partial charge in [-0.1, -0.05) is 0 Å². The maximum Gasteiger partial charge on any atom is 0.123 e. The van der Waals surface area contributed by atoms with Crippen molar-refractivity contribution in [1.29, 1.82) is 0 Å². The molecule has 0 aromatic carbocycles. The summed E-state index contributed by atoms with van der Waals surface area (Å²) < 4.78 is 47.4. The fraction of sp³-hybridized carbons (Fsp3) is 0.929. The first kappa shape index (κ1) is 31.5. The molecule has 3 aliphatic rings. The molecule has 10 nitrogen and oxygen atoms in total. The maximum absolute atomic E-state index is 11.4. The number of hydrogen-bond acceptors (Lipinski definition) is 10. The van der Waals surface area contributed by atoms with Crippen LogP contribution in [0.25, 0.3) is 0 Å². The van der Waals surface area contributed by atoms with Gasteiger partial charge in [-0.2, -0.15) is 0 Å². The van der Waals surface area contributed by atoms with Crippen molar-refractivity contribution in [3.05, 3.63) is 0 Å². The monoisotopic (exact) mass is 544 g/mol. The second-order valence-corrected chi connectivity index (χ2v) is 11.0. The summed E-state index contributed by atoms with van der Waals surface area (Å²) >= 11 is 0. The van der Waals surface area contributed by atoms with Crippen molar-refractivity contribution in [1.82, 2.24) is 0 Å². The van der Waals surface area contributed by atoms with Crippen LogP contribution >= 0.6 is 0 Å². The van der Waals surface area contributed by atoms with Gasteiger partial charge in [-0.15, -0.1) is 0 Å². The van der Waals surface area contributed by atoms with Gasteiger partial charge in [0.2, 0.25) is 0 Å². The Labute approximate surface area is 227 Å². The Bertz CT molecular complexity index is 621. The van der Waals surface area contributed by atoms with Gasteiger partial charge in [-0.25, -0.2) is 0 Å². The molecule has 0 amide bonds. The molecule has 0 radical (unpaired) electrons. The SMILES string of the molecule is COC1CC(COC2C(OC)CC(C=O)CC2OC)C(OC)CC1COC1C(OC)CC(C=O)CC1OC. The molecule has 3 rings (SSSR count). The van der Waals surface area contributed by atoms with Gasteiger partial charge >= 0.3 is 0 Å². The van der Waals surface area contributed by atoms with Crippen molar-refractivity contribution in [3.63, 3.8) is 0 Å². The molecule has 220 valence electrons. The molecule has 0 saturated heterocycles. The lowest BCUT2D eigenvalue weighted by molar-refractivity contribution is -0.183. The van der Waals surface area contributed by atoms with Crippen LogP contribution in [-0.2, 0) is 47.5 Å². The number of methoxy groups -OCH3 is 6. The predicted octanol–water partition coefficient (Wildman–Crippen LogP) is 2.09. The maximum atomic E-state index is 11.4. The van der Waals surface area contributed by atoms with E-state index in [0.29, 0.717) is 38.9 Å². The second-order valence-electron chi connectivity index (χ2n) is 11.0. The van der Waals surface area contributed by atoms with Crippen molar-refractivity contribution in [2.24, 2.45) is 23.7 Å². The first-order chi connectivity index (χ1) is 18.5. The lowest BCUT2D eigenvalue weighted by atomic mass is 9.77. The Morgan fingerprint density at radius 3 is 1.00 bits per heavy atom. The molecule has 0 N–H and O–H groups in total. The lowest BCUT2D eigenvalue weighted by Gasteiger charge is -2.44. The van der Waals surface area contributed by atoms with E-state index in [2.05, 4.69) is 0 Å². The highest BCUT2D eigenvalue weighted by molar-refractivity contribution is 5.54. The summed E-state index contributed by atoms with van der Waals surface area (Å²) in [4.78, 5) is 22.8. The van der Waals surface area contributed by atoms with Crippen molar-refractivity contribution >= 4 is 12.6 Å². The molecule has 3 fully saturated rings. The highest BCUT2D eigenvalue weighted by Gasteiger charge is 2.44. The van der Waals surface area contributed by atoms with E-state index in [1.165, 1.54) is 0 Å². The number of rotatable bonds is 14. The Kier molecular flexibility index (Phi) is 13.0. The molecule has 8 unspecified atom stereocenters. The third-order valence-electron chi connectivity index (χ3n) is 8.93. The molecule has 0 bridgehead atoms. The van der Waals surface area contributed by atoms with Gasteiger partial charge < -0.3 is 47.5 Å². The van der Waals surface area contributed by atoms with Crippen LogP contribution in [0.4, 0.5) is 0 Å². The molecule has 0 spiro atoms. The van der Waals surface area contributed by atoms with E-state index in [0.717, 1.165) is 25.4 Å². The second kappa shape index (κ2) is 15.7.